The fourth-order valence-corrected chi connectivity index (χ4v) is 2.12. The SMILES string of the molecule is Cc1ccc(/C=C/C(=O)NNC(=O)c2cc(-c3ccccc3)n[nH]2)o1. The highest BCUT2D eigenvalue weighted by Gasteiger charge is 2.11. The lowest BCUT2D eigenvalue weighted by Gasteiger charge is -2.02. The monoisotopic (exact) mass is 336 g/mol. The maximum absolute atomic E-state index is 12.0. The molecule has 0 aliphatic carbocycles. The Bertz CT molecular complexity index is 909. The molecule has 0 atom stereocenters. The molecule has 0 fully saturated rings. The molecule has 25 heavy (non-hydrogen) atoms. The minimum absolute atomic E-state index is 0.241. The number of aryl methyl sites for hydroxylation is 1. The smallest absolute Gasteiger partial charge is 0.287 e. The third kappa shape index (κ3) is 4.23. The van der Waals surface area contributed by atoms with Crippen LogP contribution in [0.3, 0.4) is 0 Å². The summed E-state index contributed by atoms with van der Waals surface area (Å²) in [5.41, 5.74) is 6.38. The summed E-state index contributed by atoms with van der Waals surface area (Å²) >= 11 is 0. The number of furan rings is 1. The molecule has 0 spiro atoms. The van der Waals surface area contributed by atoms with Gasteiger partial charge in [0.15, 0.2) is 0 Å². The Labute approximate surface area is 143 Å². The number of hydrogen-bond donors (Lipinski definition) is 3. The zero-order valence-corrected chi connectivity index (χ0v) is 13.4. The van der Waals surface area contributed by atoms with Crippen molar-refractivity contribution in [1.82, 2.24) is 21.0 Å². The normalized spacial score (nSPS) is 10.8. The number of carbonyl (C=O) groups is 2. The van der Waals surface area contributed by atoms with Gasteiger partial charge in [-0.25, -0.2) is 0 Å². The predicted octanol–water partition coefficient (Wildman–Crippen LogP) is 2.45. The van der Waals surface area contributed by atoms with Crippen molar-refractivity contribution in [1.29, 1.82) is 0 Å². The number of benzene rings is 1. The Hall–Kier alpha value is -3.61. The van der Waals surface area contributed by atoms with Gasteiger partial charge in [-0.3, -0.25) is 25.5 Å². The molecule has 7 heteroatoms. The van der Waals surface area contributed by atoms with Crippen LogP contribution in [0.4, 0.5) is 0 Å². The Morgan fingerprint density at radius 1 is 1.12 bits per heavy atom. The van der Waals surface area contributed by atoms with E-state index < -0.39 is 11.8 Å². The molecular weight excluding hydrogens is 320 g/mol. The van der Waals surface area contributed by atoms with Gasteiger partial charge in [-0.1, -0.05) is 30.3 Å². The van der Waals surface area contributed by atoms with Gasteiger partial charge in [0, 0.05) is 11.6 Å². The highest BCUT2D eigenvalue weighted by atomic mass is 16.3. The van der Waals surface area contributed by atoms with Gasteiger partial charge in [0.05, 0.1) is 5.69 Å². The highest BCUT2D eigenvalue weighted by molar-refractivity contribution is 5.97. The van der Waals surface area contributed by atoms with E-state index in [1.165, 1.54) is 12.2 Å². The van der Waals surface area contributed by atoms with E-state index in [0.29, 0.717) is 11.5 Å². The average Bonchev–Trinajstić information content (AvgIpc) is 3.28. The van der Waals surface area contributed by atoms with Gasteiger partial charge in [-0.05, 0) is 31.2 Å². The van der Waals surface area contributed by atoms with Crippen molar-refractivity contribution in [3.8, 4) is 11.3 Å². The van der Waals surface area contributed by atoms with Crippen LogP contribution < -0.4 is 10.9 Å². The van der Waals surface area contributed by atoms with Gasteiger partial charge in [-0.15, -0.1) is 0 Å². The molecule has 0 saturated heterocycles. The molecule has 0 unspecified atom stereocenters. The van der Waals surface area contributed by atoms with E-state index in [9.17, 15) is 9.59 Å². The van der Waals surface area contributed by atoms with Crippen molar-refractivity contribution in [2.24, 2.45) is 0 Å². The quantitative estimate of drug-likeness (QED) is 0.503. The van der Waals surface area contributed by atoms with Crippen molar-refractivity contribution >= 4 is 17.9 Å². The second-order valence-electron chi connectivity index (χ2n) is 5.26. The van der Waals surface area contributed by atoms with E-state index in [-0.39, 0.29) is 5.69 Å². The molecule has 2 amide bonds. The third-order valence-corrected chi connectivity index (χ3v) is 3.35. The minimum atomic E-state index is -0.495. The van der Waals surface area contributed by atoms with Gasteiger partial charge in [0.25, 0.3) is 11.8 Å². The van der Waals surface area contributed by atoms with Crippen molar-refractivity contribution in [3.63, 3.8) is 0 Å². The molecule has 2 aromatic heterocycles. The third-order valence-electron chi connectivity index (χ3n) is 3.35. The molecule has 3 N–H and O–H groups in total. The molecule has 0 saturated carbocycles. The summed E-state index contributed by atoms with van der Waals surface area (Å²) in [5.74, 6) is 0.331. The number of hydrazine groups is 1. The van der Waals surface area contributed by atoms with Crippen LogP contribution in [-0.4, -0.2) is 22.0 Å². The Balaban J connectivity index is 1.55. The fraction of sp³-hybridized carbons (Fsp3) is 0.0556. The second kappa shape index (κ2) is 7.31. The summed E-state index contributed by atoms with van der Waals surface area (Å²) in [5, 5.41) is 6.73. The van der Waals surface area contributed by atoms with Crippen LogP contribution in [-0.2, 0) is 4.79 Å². The first-order chi connectivity index (χ1) is 12.1. The number of carbonyl (C=O) groups excluding carboxylic acids is 2. The zero-order chi connectivity index (χ0) is 17.6. The molecular formula is C18H16N4O3. The van der Waals surface area contributed by atoms with E-state index in [1.54, 1.807) is 18.2 Å². The lowest BCUT2D eigenvalue weighted by atomic mass is 10.1. The number of amides is 2. The maximum Gasteiger partial charge on any atom is 0.287 e. The average molecular weight is 336 g/mol. The van der Waals surface area contributed by atoms with Crippen LogP contribution in [0.2, 0.25) is 0 Å². The first-order valence-corrected chi connectivity index (χ1v) is 7.57. The van der Waals surface area contributed by atoms with Gasteiger partial charge >= 0.3 is 0 Å². The Morgan fingerprint density at radius 2 is 1.92 bits per heavy atom. The number of aromatic nitrogens is 2. The fourth-order valence-electron chi connectivity index (χ4n) is 2.12. The molecule has 126 valence electrons. The van der Waals surface area contributed by atoms with Crippen LogP contribution in [0.1, 0.15) is 22.0 Å². The van der Waals surface area contributed by atoms with Crippen LogP contribution in [0.15, 0.2) is 59.0 Å². The summed E-state index contributed by atoms with van der Waals surface area (Å²) in [4.78, 5) is 23.7. The number of hydrogen-bond acceptors (Lipinski definition) is 4. The van der Waals surface area contributed by atoms with Crippen molar-refractivity contribution in [2.75, 3.05) is 0 Å². The molecule has 3 rings (SSSR count). The lowest BCUT2D eigenvalue weighted by molar-refractivity contribution is -0.117. The van der Waals surface area contributed by atoms with Crippen molar-refractivity contribution in [3.05, 3.63) is 71.8 Å². The van der Waals surface area contributed by atoms with E-state index in [2.05, 4.69) is 21.0 Å². The standard InChI is InChI=1S/C18H16N4O3/c1-12-7-8-14(25-12)9-10-17(23)21-22-18(24)16-11-15(19-20-16)13-5-3-2-4-6-13/h2-11H,1H3,(H,19,20)(H,21,23)(H,22,24)/b10-9+. The van der Waals surface area contributed by atoms with E-state index >= 15 is 0 Å². The first kappa shape index (κ1) is 16.3. The van der Waals surface area contributed by atoms with Crippen LogP contribution in [0, 0.1) is 6.92 Å². The zero-order valence-electron chi connectivity index (χ0n) is 13.4. The summed E-state index contributed by atoms with van der Waals surface area (Å²) in [6.45, 7) is 1.81. The number of nitrogens with zero attached hydrogens (tertiary/aromatic N) is 1. The van der Waals surface area contributed by atoms with Crippen molar-refractivity contribution < 1.29 is 14.0 Å². The van der Waals surface area contributed by atoms with Gasteiger partial charge in [-0.2, -0.15) is 5.10 Å². The van der Waals surface area contributed by atoms with E-state index in [1.807, 2.05) is 37.3 Å². The molecule has 0 radical (unpaired) electrons. The highest BCUT2D eigenvalue weighted by Crippen LogP contribution is 2.16. The largest absolute Gasteiger partial charge is 0.462 e. The molecule has 3 aromatic rings. The van der Waals surface area contributed by atoms with Crippen LogP contribution >= 0.6 is 0 Å². The number of rotatable bonds is 4. The van der Waals surface area contributed by atoms with Gasteiger partial charge in [0.1, 0.15) is 17.2 Å². The Morgan fingerprint density at radius 3 is 2.64 bits per heavy atom. The van der Waals surface area contributed by atoms with Crippen LogP contribution in [0.25, 0.3) is 17.3 Å². The number of aromatic amines is 1. The summed E-state index contributed by atoms with van der Waals surface area (Å²) < 4.78 is 5.31. The van der Waals surface area contributed by atoms with E-state index in [4.69, 9.17) is 4.42 Å². The van der Waals surface area contributed by atoms with Crippen LogP contribution in [0.5, 0.6) is 0 Å². The van der Waals surface area contributed by atoms with Crippen molar-refractivity contribution in [2.45, 2.75) is 6.92 Å². The topological polar surface area (TPSA) is 100 Å². The summed E-state index contributed by atoms with van der Waals surface area (Å²) in [6, 6.07) is 14.6. The number of H-pyrrole nitrogens is 1. The lowest BCUT2D eigenvalue weighted by Crippen LogP contribution is -2.40. The molecule has 0 aliphatic rings. The molecule has 1 aromatic carbocycles. The van der Waals surface area contributed by atoms with Gasteiger partial charge < -0.3 is 4.42 Å². The minimum Gasteiger partial charge on any atom is -0.462 e. The maximum atomic E-state index is 12.0. The molecule has 7 nitrogen and oxygen atoms in total. The molecule has 0 aliphatic heterocycles. The summed E-state index contributed by atoms with van der Waals surface area (Å²) in [7, 11) is 0. The molecule has 2 heterocycles. The Kier molecular flexibility index (Phi) is 4.75. The first-order valence-electron chi connectivity index (χ1n) is 7.57. The molecule has 0 bridgehead atoms. The summed E-state index contributed by atoms with van der Waals surface area (Å²) in [6.07, 6.45) is 2.78. The van der Waals surface area contributed by atoms with E-state index in [0.717, 1.165) is 11.3 Å². The second-order valence-corrected chi connectivity index (χ2v) is 5.26. The predicted molar refractivity (Wildman–Crippen MR) is 92.1 cm³/mol. The number of nitrogens with one attached hydrogen (secondary N) is 3. The van der Waals surface area contributed by atoms with Gasteiger partial charge in [0.2, 0.25) is 0 Å².